The van der Waals surface area contributed by atoms with Gasteiger partial charge < -0.3 is 5.32 Å². The summed E-state index contributed by atoms with van der Waals surface area (Å²) in [4.78, 5) is 2.80. The minimum Gasteiger partial charge on any atom is -0.315 e. The zero-order valence-corrected chi connectivity index (χ0v) is 11.6. The van der Waals surface area contributed by atoms with E-state index in [0.717, 1.165) is 6.54 Å². The van der Waals surface area contributed by atoms with Crippen molar-refractivity contribution >= 4 is 11.3 Å². The smallest absolute Gasteiger partial charge is 0.0346 e. The van der Waals surface area contributed by atoms with Crippen LogP contribution in [0.2, 0.25) is 0 Å². The van der Waals surface area contributed by atoms with E-state index in [1.54, 1.807) is 11.1 Å². The van der Waals surface area contributed by atoms with Crippen LogP contribution in [0.5, 0.6) is 0 Å². The minimum absolute atomic E-state index is 0.968. The minimum atomic E-state index is 0.968. The predicted molar refractivity (Wildman–Crippen MR) is 79.2 cm³/mol. The highest BCUT2D eigenvalue weighted by Crippen LogP contribution is 2.31. The molecule has 0 bridgehead atoms. The summed E-state index contributed by atoms with van der Waals surface area (Å²) in [6, 6.07) is 11.5. The summed E-state index contributed by atoms with van der Waals surface area (Å²) in [6.07, 6.45) is 5.24. The number of nitrogens with one attached hydrogen (secondary N) is 1. The van der Waals surface area contributed by atoms with Crippen LogP contribution in [0.4, 0.5) is 0 Å². The largest absolute Gasteiger partial charge is 0.315 e. The molecule has 94 valence electrons. The van der Waals surface area contributed by atoms with Crippen LogP contribution in [-0.4, -0.2) is 7.05 Å². The maximum atomic E-state index is 3.21. The van der Waals surface area contributed by atoms with Crippen molar-refractivity contribution in [3.8, 4) is 10.4 Å². The van der Waals surface area contributed by atoms with E-state index < -0.39 is 0 Å². The number of benzene rings is 1. The third kappa shape index (κ3) is 2.36. The molecule has 1 nitrogen and oxygen atoms in total. The fourth-order valence-electron chi connectivity index (χ4n) is 2.69. The first-order chi connectivity index (χ1) is 8.86. The Morgan fingerprint density at radius 3 is 2.72 bits per heavy atom. The van der Waals surface area contributed by atoms with Crippen LogP contribution in [0.1, 0.15) is 28.8 Å². The summed E-state index contributed by atoms with van der Waals surface area (Å²) < 4.78 is 0. The van der Waals surface area contributed by atoms with Crippen molar-refractivity contribution in [2.45, 2.75) is 32.2 Å². The molecule has 0 radical (unpaired) electrons. The first-order valence-electron chi connectivity index (χ1n) is 6.72. The molecule has 1 aromatic carbocycles. The van der Waals surface area contributed by atoms with Crippen molar-refractivity contribution in [3.63, 3.8) is 0 Å². The molecule has 3 rings (SSSR count). The van der Waals surface area contributed by atoms with Crippen molar-refractivity contribution < 1.29 is 0 Å². The van der Waals surface area contributed by atoms with Gasteiger partial charge in [-0.1, -0.05) is 18.2 Å². The molecule has 0 unspecified atom stereocenters. The predicted octanol–water partition coefficient (Wildman–Crippen LogP) is 4.01. The van der Waals surface area contributed by atoms with Gasteiger partial charge in [0.2, 0.25) is 0 Å². The van der Waals surface area contributed by atoms with Crippen LogP contribution in [0.3, 0.4) is 0 Å². The van der Waals surface area contributed by atoms with Crippen molar-refractivity contribution in [3.05, 3.63) is 46.3 Å². The van der Waals surface area contributed by atoms with Gasteiger partial charge in [0.1, 0.15) is 0 Å². The summed E-state index contributed by atoms with van der Waals surface area (Å²) >= 11 is 1.90. The van der Waals surface area contributed by atoms with Gasteiger partial charge in [0.15, 0.2) is 0 Å². The molecule has 1 heterocycles. The molecular weight excluding hydrogens is 238 g/mol. The summed E-state index contributed by atoms with van der Waals surface area (Å²) in [5.74, 6) is 0. The van der Waals surface area contributed by atoms with Gasteiger partial charge in [-0.15, -0.1) is 11.3 Å². The quantitative estimate of drug-likeness (QED) is 0.876. The van der Waals surface area contributed by atoms with Gasteiger partial charge >= 0.3 is 0 Å². The lowest BCUT2D eigenvalue weighted by atomic mass is 9.90. The topological polar surface area (TPSA) is 12.0 Å². The summed E-state index contributed by atoms with van der Waals surface area (Å²) in [7, 11) is 2.00. The number of aryl methyl sites for hydroxylation is 2. The van der Waals surface area contributed by atoms with Gasteiger partial charge in [-0.25, -0.2) is 0 Å². The zero-order chi connectivity index (χ0) is 12.4. The molecule has 1 N–H and O–H groups in total. The summed E-state index contributed by atoms with van der Waals surface area (Å²) in [5.41, 5.74) is 4.53. The van der Waals surface area contributed by atoms with E-state index in [1.807, 2.05) is 18.4 Å². The Morgan fingerprint density at radius 1 is 1.06 bits per heavy atom. The van der Waals surface area contributed by atoms with Crippen LogP contribution >= 0.6 is 11.3 Å². The molecule has 0 fully saturated rings. The average Bonchev–Trinajstić information content (AvgIpc) is 2.87. The number of hydrogen-bond acceptors (Lipinski definition) is 2. The number of fused-ring (bicyclic) bond motifs is 1. The van der Waals surface area contributed by atoms with Gasteiger partial charge in [0, 0.05) is 16.3 Å². The van der Waals surface area contributed by atoms with E-state index in [-0.39, 0.29) is 0 Å². The Balaban J connectivity index is 1.91. The normalized spacial score (nSPS) is 14.5. The second-order valence-electron chi connectivity index (χ2n) is 4.99. The molecule has 0 aliphatic heterocycles. The zero-order valence-electron chi connectivity index (χ0n) is 10.8. The van der Waals surface area contributed by atoms with Crippen molar-refractivity contribution in [1.29, 1.82) is 0 Å². The first kappa shape index (κ1) is 11.9. The average molecular weight is 257 g/mol. The lowest BCUT2D eigenvalue weighted by Crippen LogP contribution is -2.02. The molecule has 0 saturated carbocycles. The summed E-state index contributed by atoms with van der Waals surface area (Å²) in [6.45, 7) is 0.968. The van der Waals surface area contributed by atoms with Gasteiger partial charge in [0.05, 0.1) is 0 Å². The fourth-order valence-corrected chi connectivity index (χ4v) is 3.70. The Labute approximate surface area is 113 Å². The molecule has 1 aliphatic rings. The second kappa shape index (κ2) is 5.25. The fraction of sp³-hybridized carbons (Fsp3) is 0.375. The summed E-state index contributed by atoms with van der Waals surface area (Å²) in [5, 5.41) is 3.21. The van der Waals surface area contributed by atoms with Crippen molar-refractivity contribution in [1.82, 2.24) is 5.32 Å². The third-order valence-corrected chi connectivity index (χ3v) is 4.78. The van der Waals surface area contributed by atoms with Gasteiger partial charge in [-0.3, -0.25) is 0 Å². The van der Waals surface area contributed by atoms with Crippen molar-refractivity contribution in [2.24, 2.45) is 0 Å². The van der Waals surface area contributed by atoms with Crippen LogP contribution in [0.25, 0.3) is 10.4 Å². The van der Waals surface area contributed by atoms with E-state index in [1.165, 1.54) is 41.0 Å². The third-order valence-electron chi connectivity index (χ3n) is 3.65. The van der Waals surface area contributed by atoms with Gasteiger partial charge in [-0.2, -0.15) is 0 Å². The first-order valence-corrected chi connectivity index (χ1v) is 7.54. The lowest BCUT2D eigenvalue weighted by Gasteiger charge is -2.16. The van der Waals surface area contributed by atoms with E-state index >= 15 is 0 Å². The molecule has 2 aromatic rings. The van der Waals surface area contributed by atoms with Crippen LogP contribution in [-0.2, 0) is 19.4 Å². The van der Waals surface area contributed by atoms with Crippen molar-refractivity contribution in [2.75, 3.05) is 7.05 Å². The molecule has 2 heteroatoms. The van der Waals surface area contributed by atoms with E-state index in [0.29, 0.717) is 0 Å². The molecule has 0 spiro atoms. The molecular formula is C16H19NS. The highest BCUT2D eigenvalue weighted by Gasteiger charge is 2.11. The lowest BCUT2D eigenvalue weighted by molar-refractivity contribution is 0.686. The maximum absolute atomic E-state index is 3.21. The number of hydrogen-bond donors (Lipinski definition) is 1. The molecule has 0 amide bonds. The van der Waals surface area contributed by atoms with Gasteiger partial charge in [-0.05, 0) is 61.6 Å². The standard InChI is InChI=1S/C16H19NS/c1-17-11-15-8-9-16(18-15)14-7-6-12-4-2-3-5-13(12)10-14/h6-10,17H,2-5,11H2,1H3. The highest BCUT2D eigenvalue weighted by molar-refractivity contribution is 7.15. The molecule has 0 saturated heterocycles. The Bertz CT molecular complexity index is 542. The molecule has 0 atom stereocenters. The van der Waals surface area contributed by atoms with Crippen LogP contribution < -0.4 is 5.32 Å². The Kier molecular flexibility index (Phi) is 3.48. The second-order valence-corrected chi connectivity index (χ2v) is 6.16. The number of thiophene rings is 1. The van der Waals surface area contributed by atoms with Gasteiger partial charge in [0.25, 0.3) is 0 Å². The number of rotatable bonds is 3. The van der Waals surface area contributed by atoms with E-state index in [2.05, 4.69) is 35.6 Å². The Morgan fingerprint density at radius 2 is 1.89 bits per heavy atom. The SMILES string of the molecule is CNCc1ccc(-c2ccc3c(c2)CCCC3)s1. The molecule has 1 aromatic heterocycles. The highest BCUT2D eigenvalue weighted by atomic mass is 32.1. The molecule has 18 heavy (non-hydrogen) atoms. The van der Waals surface area contributed by atoms with E-state index in [4.69, 9.17) is 0 Å². The maximum Gasteiger partial charge on any atom is 0.0346 e. The van der Waals surface area contributed by atoms with Crippen LogP contribution in [0, 0.1) is 0 Å². The van der Waals surface area contributed by atoms with E-state index in [9.17, 15) is 0 Å². The molecule has 1 aliphatic carbocycles. The monoisotopic (exact) mass is 257 g/mol. The Hall–Kier alpha value is -1.12. The van der Waals surface area contributed by atoms with Crippen LogP contribution in [0.15, 0.2) is 30.3 Å².